The minimum absolute atomic E-state index is 0.171. The number of alkyl halides is 3. The Kier molecular flexibility index (Phi) is 7.20. The van der Waals surface area contributed by atoms with E-state index in [1.807, 2.05) is 32.0 Å². The number of rotatable bonds is 7. The SMILES string of the molecule is CCc1cccc(CC)c1NC(=O)COC(=O)Cc1cccc(C(F)(F)F)c1. The van der Waals surface area contributed by atoms with Crippen LogP contribution in [0.2, 0.25) is 0 Å². The fourth-order valence-corrected chi connectivity index (χ4v) is 2.80. The molecule has 0 saturated heterocycles. The van der Waals surface area contributed by atoms with Crippen LogP contribution in [-0.4, -0.2) is 18.5 Å². The van der Waals surface area contributed by atoms with Crippen molar-refractivity contribution in [3.63, 3.8) is 0 Å². The van der Waals surface area contributed by atoms with Crippen molar-refractivity contribution in [3.05, 3.63) is 64.7 Å². The predicted octanol–water partition coefficient (Wildman–Crippen LogP) is 4.55. The molecule has 28 heavy (non-hydrogen) atoms. The van der Waals surface area contributed by atoms with Gasteiger partial charge < -0.3 is 10.1 Å². The van der Waals surface area contributed by atoms with E-state index in [0.717, 1.165) is 36.1 Å². The maximum absolute atomic E-state index is 12.7. The molecule has 0 heterocycles. The molecule has 0 aliphatic heterocycles. The van der Waals surface area contributed by atoms with Crippen LogP contribution in [0, 0.1) is 0 Å². The number of esters is 1. The van der Waals surface area contributed by atoms with Crippen LogP contribution in [0.15, 0.2) is 42.5 Å². The Bertz CT molecular complexity index is 825. The van der Waals surface area contributed by atoms with Gasteiger partial charge in [0, 0.05) is 5.69 Å². The Morgan fingerprint density at radius 2 is 1.61 bits per heavy atom. The van der Waals surface area contributed by atoms with E-state index in [9.17, 15) is 22.8 Å². The predicted molar refractivity (Wildman–Crippen MR) is 99.9 cm³/mol. The van der Waals surface area contributed by atoms with Crippen LogP contribution in [0.3, 0.4) is 0 Å². The lowest BCUT2D eigenvalue weighted by molar-refractivity contribution is -0.146. The molecule has 0 aliphatic rings. The largest absolute Gasteiger partial charge is 0.455 e. The Morgan fingerprint density at radius 3 is 2.18 bits per heavy atom. The van der Waals surface area contributed by atoms with Gasteiger partial charge in [0.05, 0.1) is 12.0 Å². The van der Waals surface area contributed by atoms with E-state index in [-0.39, 0.29) is 12.0 Å². The molecule has 4 nitrogen and oxygen atoms in total. The quantitative estimate of drug-likeness (QED) is 0.702. The summed E-state index contributed by atoms with van der Waals surface area (Å²) in [5.41, 5.74) is 2.00. The molecular weight excluding hydrogens is 371 g/mol. The maximum atomic E-state index is 12.7. The van der Waals surface area contributed by atoms with E-state index in [0.29, 0.717) is 5.69 Å². The molecular formula is C21H22F3NO3. The first-order chi connectivity index (χ1) is 13.2. The number of aryl methyl sites for hydroxylation is 2. The molecule has 0 atom stereocenters. The Morgan fingerprint density at radius 1 is 1.00 bits per heavy atom. The van der Waals surface area contributed by atoms with E-state index in [2.05, 4.69) is 5.32 Å². The smallest absolute Gasteiger partial charge is 0.416 e. The van der Waals surface area contributed by atoms with Crippen molar-refractivity contribution in [1.82, 2.24) is 0 Å². The monoisotopic (exact) mass is 393 g/mol. The highest BCUT2D eigenvalue weighted by atomic mass is 19.4. The lowest BCUT2D eigenvalue weighted by Gasteiger charge is -2.14. The van der Waals surface area contributed by atoms with Gasteiger partial charge in [0.25, 0.3) is 5.91 Å². The second kappa shape index (κ2) is 9.39. The molecule has 0 saturated carbocycles. The molecule has 1 N–H and O–H groups in total. The van der Waals surface area contributed by atoms with Crippen molar-refractivity contribution < 1.29 is 27.5 Å². The Balaban J connectivity index is 1.94. The van der Waals surface area contributed by atoms with Crippen LogP contribution in [0.4, 0.5) is 18.9 Å². The minimum Gasteiger partial charge on any atom is -0.455 e. The third-order valence-corrected chi connectivity index (χ3v) is 4.23. The Labute approximate surface area is 161 Å². The molecule has 2 rings (SSSR count). The lowest BCUT2D eigenvalue weighted by Crippen LogP contribution is -2.23. The van der Waals surface area contributed by atoms with Crippen molar-refractivity contribution in [2.45, 2.75) is 39.3 Å². The van der Waals surface area contributed by atoms with Gasteiger partial charge >= 0.3 is 12.1 Å². The maximum Gasteiger partial charge on any atom is 0.416 e. The van der Waals surface area contributed by atoms with Gasteiger partial charge in [0.2, 0.25) is 0 Å². The van der Waals surface area contributed by atoms with Gasteiger partial charge in [-0.25, -0.2) is 0 Å². The van der Waals surface area contributed by atoms with E-state index in [4.69, 9.17) is 4.74 Å². The number of amides is 1. The van der Waals surface area contributed by atoms with E-state index < -0.39 is 30.2 Å². The fourth-order valence-electron chi connectivity index (χ4n) is 2.80. The highest BCUT2D eigenvalue weighted by molar-refractivity contribution is 5.94. The summed E-state index contributed by atoms with van der Waals surface area (Å²) in [5.74, 6) is -1.26. The summed E-state index contributed by atoms with van der Waals surface area (Å²) in [6.45, 7) is 3.44. The number of anilines is 1. The van der Waals surface area contributed by atoms with Crippen LogP contribution < -0.4 is 5.32 Å². The first kappa shape index (κ1) is 21.5. The number of nitrogens with one attached hydrogen (secondary N) is 1. The molecule has 0 bridgehead atoms. The molecule has 1 amide bonds. The second-order valence-corrected chi connectivity index (χ2v) is 6.24. The summed E-state index contributed by atoms with van der Waals surface area (Å²) in [6.07, 6.45) is -3.36. The third kappa shape index (κ3) is 5.84. The molecule has 2 aromatic carbocycles. The van der Waals surface area contributed by atoms with Crippen molar-refractivity contribution in [1.29, 1.82) is 0 Å². The van der Waals surface area contributed by atoms with Crippen molar-refractivity contribution in [2.24, 2.45) is 0 Å². The van der Waals surface area contributed by atoms with Gasteiger partial charge in [-0.15, -0.1) is 0 Å². The molecule has 150 valence electrons. The van der Waals surface area contributed by atoms with Gasteiger partial charge in [-0.2, -0.15) is 13.2 Å². The van der Waals surface area contributed by atoms with Crippen LogP contribution in [-0.2, 0) is 39.8 Å². The number of hydrogen-bond donors (Lipinski definition) is 1. The van der Waals surface area contributed by atoms with Crippen molar-refractivity contribution in [3.8, 4) is 0 Å². The van der Waals surface area contributed by atoms with Gasteiger partial charge in [-0.1, -0.05) is 50.2 Å². The van der Waals surface area contributed by atoms with Crippen molar-refractivity contribution in [2.75, 3.05) is 11.9 Å². The zero-order chi connectivity index (χ0) is 20.7. The number of para-hydroxylation sites is 1. The number of benzene rings is 2. The average Bonchev–Trinajstić information content (AvgIpc) is 2.66. The lowest BCUT2D eigenvalue weighted by atomic mass is 10.0. The number of carbonyl (C=O) groups is 2. The normalized spacial score (nSPS) is 11.2. The molecule has 0 aromatic heterocycles. The second-order valence-electron chi connectivity index (χ2n) is 6.24. The van der Waals surface area contributed by atoms with Crippen LogP contribution in [0.25, 0.3) is 0 Å². The van der Waals surface area contributed by atoms with Crippen molar-refractivity contribution >= 4 is 17.6 Å². The number of halogens is 3. The van der Waals surface area contributed by atoms with Gasteiger partial charge in [0.15, 0.2) is 6.61 Å². The highest BCUT2D eigenvalue weighted by Crippen LogP contribution is 2.29. The van der Waals surface area contributed by atoms with Gasteiger partial charge in [-0.3, -0.25) is 9.59 Å². The molecule has 0 radical (unpaired) electrons. The highest BCUT2D eigenvalue weighted by Gasteiger charge is 2.30. The summed E-state index contributed by atoms with van der Waals surface area (Å²) >= 11 is 0. The molecule has 0 spiro atoms. The van der Waals surface area contributed by atoms with E-state index in [1.165, 1.54) is 12.1 Å². The van der Waals surface area contributed by atoms with Crippen LogP contribution in [0.5, 0.6) is 0 Å². The summed E-state index contributed by atoms with van der Waals surface area (Å²) in [4.78, 5) is 24.0. The molecule has 2 aromatic rings. The Hall–Kier alpha value is -2.83. The van der Waals surface area contributed by atoms with Crippen LogP contribution in [0.1, 0.15) is 36.1 Å². The summed E-state index contributed by atoms with van der Waals surface area (Å²) in [7, 11) is 0. The summed E-state index contributed by atoms with van der Waals surface area (Å²) in [6, 6.07) is 10.2. The third-order valence-electron chi connectivity index (χ3n) is 4.23. The zero-order valence-corrected chi connectivity index (χ0v) is 15.7. The van der Waals surface area contributed by atoms with Gasteiger partial charge in [-0.05, 0) is 35.6 Å². The average molecular weight is 393 g/mol. The van der Waals surface area contributed by atoms with Gasteiger partial charge in [0.1, 0.15) is 0 Å². The van der Waals surface area contributed by atoms with E-state index in [1.54, 1.807) is 0 Å². The minimum atomic E-state index is -4.48. The molecule has 0 unspecified atom stereocenters. The standard InChI is InChI=1S/C21H22F3NO3/c1-3-15-8-6-9-16(4-2)20(15)25-18(26)13-28-19(27)12-14-7-5-10-17(11-14)21(22,23)24/h5-11H,3-4,12-13H2,1-2H3,(H,25,26). The van der Waals surface area contributed by atoms with Crippen LogP contribution >= 0.6 is 0 Å². The molecule has 0 fully saturated rings. The summed E-state index contributed by atoms with van der Waals surface area (Å²) < 4.78 is 43.1. The summed E-state index contributed by atoms with van der Waals surface area (Å²) in [5, 5.41) is 2.76. The number of carbonyl (C=O) groups excluding carboxylic acids is 2. The fraction of sp³-hybridized carbons (Fsp3) is 0.333. The zero-order valence-electron chi connectivity index (χ0n) is 15.7. The molecule has 7 heteroatoms. The first-order valence-electron chi connectivity index (χ1n) is 8.97. The topological polar surface area (TPSA) is 55.4 Å². The molecule has 0 aliphatic carbocycles. The van der Waals surface area contributed by atoms with E-state index >= 15 is 0 Å². The number of ether oxygens (including phenoxy) is 1. The number of hydrogen-bond acceptors (Lipinski definition) is 3. The first-order valence-corrected chi connectivity index (χ1v) is 8.97.